The van der Waals surface area contributed by atoms with Gasteiger partial charge in [0.05, 0.1) is 25.3 Å². The van der Waals surface area contributed by atoms with Crippen molar-refractivity contribution in [2.75, 3.05) is 53.0 Å². The Morgan fingerprint density at radius 1 is 1.04 bits per heavy atom. The molecule has 2 fully saturated rings. The average molecular weight is 658 g/mol. The van der Waals surface area contributed by atoms with Crippen molar-refractivity contribution < 1.29 is 53.2 Å². The fourth-order valence-corrected chi connectivity index (χ4v) is 5.51. The molecular formula is C31H39N5O11. The normalized spacial score (nSPS) is 18.7. The number of carbonyl (C=O) groups excluding carboxylic acids is 5. The van der Waals surface area contributed by atoms with Crippen molar-refractivity contribution in [3.8, 4) is 5.75 Å². The fourth-order valence-electron chi connectivity index (χ4n) is 5.51. The van der Waals surface area contributed by atoms with Gasteiger partial charge in [0.15, 0.2) is 6.61 Å². The number of hydrogen-bond acceptors (Lipinski definition) is 11. The highest BCUT2D eigenvalue weighted by atomic mass is 16.6. The third kappa shape index (κ3) is 8.84. The molecule has 3 heterocycles. The number of likely N-dealkylation sites (tertiary alicyclic amines) is 1. The van der Waals surface area contributed by atoms with E-state index in [-0.39, 0.29) is 76.5 Å². The molecule has 2 aromatic rings. The van der Waals surface area contributed by atoms with E-state index < -0.39 is 60.5 Å². The van der Waals surface area contributed by atoms with Gasteiger partial charge < -0.3 is 44.4 Å². The second kappa shape index (κ2) is 16.0. The number of carboxylic acids is 1. The van der Waals surface area contributed by atoms with E-state index >= 15 is 0 Å². The lowest BCUT2D eigenvalue weighted by atomic mass is 9.99. The number of carboxylic acid groups (broad SMARTS) is 1. The number of ether oxygens (including phenoxy) is 3. The number of piperazine rings is 1. The molecule has 254 valence electrons. The van der Waals surface area contributed by atoms with Gasteiger partial charge >= 0.3 is 18.0 Å². The number of benzene rings is 1. The van der Waals surface area contributed by atoms with E-state index in [9.17, 15) is 39.0 Å². The van der Waals surface area contributed by atoms with Crippen LogP contribution in [-0.2, 0) is 28.7 Å². The molecule has 3 N–H and O–H groups in total. The topological polar surface area (TPSA) is 205 Å². The minimum absolute atomic E-state index is 0.0315. The van der Waals surface area contributed by atoms with Crippen LogP contribution in [0.5, 0.6) is 5.75 Å². The molecule has 16 heteroatoms. The number of carbonyl (C=O) groups is 6. The predicted molar refractivity (Wildman–Crippen MR) is 163 cm³/mol. The summed E-state index contributed by atoms with van der Waals surface area (Å²) in [5.74, 6) is -3.45. The first kappa shape index (κ1) is 34.9. The van der Waals surface area contributed by atoms with E-state index in [0.717, 1.165) is 0 Å². The molecule has 0 saturated carbocycles. The predicted octanol–water partition coefficient (Wildman–Crippen LogP) is 0.402. The first-order valence-electron chi connectivity index (χ1n) is 15.3. The first-order valence-corrected chi connectivity index (χ1v) is 15.3. The highest BCUT2D eigenvalue weighted by molar-refractivity contribution is 5.99. The van der Waals surface area contributed by atoms with Gasteiger partial charge in [-0.1, -0.05) is 12.1 Å². The standard InChI is InChI=1S/C31H39N5O11/c1-3-46-31(44)35-14-12-34(13-15-35)29(42)22(8-9-27(39)40)33-28(41)23-17-25(20-6-4-5-7-21(20)32-23)47-18-26(38)36-11-10-19(37)16-24(36)30(43)45-2/h4-7,17,19,22,24,37H,3,8-16,18H2,1-2H3,(H,33,41)(H,39,40)/t19-,22+,24+/m1/s1. The van der Waals surface area contributed by atoms with Crippen LogP contribution in [-0.4, -0.2) is 137 Å². The Morgan fingerprint density at radius 2 is 1.74 bits per heavy atom. The molecule has 3 atom stereocenters. The maximum absolute atomic E-state index is 13.5. The summed E-state index contributed by atoms with van der Waals surface area (Å²) in [6.45, 7) is 2.31. The SMILES string of the molecule is CCOC(=O)N1CCN(C(=O)[C@H](CCC(=O)O)NC(=O)c2cc(OCC(=O)N3CC[C@@H](O)C[C@H]3C(=O)OC)c3ccccc3n2)CC1. The molecule has 2 saturated heterocycles. The van der Waals surface area contributed by atoms with Crippen molar-refractivity contribution in [2.45, 2.75) is 50.8 Å². The monoisotopic (exact) mass is 657 g/mol. The van der Waals surface area contributed by atoms with Crippen LogP contribution < -0.4 is 10.1 Å². The molecule has 0 unspecified atom stereocenters. The van der Waals surface area contributed by atoms with Crippen LogP contribution in [0.25, 0.3) is 10.9 Å². The first-order chi connectivity index (χ1) is 22.5. The number of fused-ring (bicyclic) bond motifs is 1. The van der Waals surface area contributed by atoms with Gasteiger partial charge in [0.1, 0.15) is 23.5 Å². The lowest BCUT2D eigenvalue weighted by Gasteiger charge is -2.36. The third-order valence-electron chi connectivity index (χ3n) is 8.00. The largest absolute Gasteiger partial charge is 0.483 e. The number of aliphatic hydroxyl groups excluding tert-OH is 1. The molecule has 0 bridgehead atoms. The number of piperidine rings is 1. The Bertz CT molecular complexity index is 1490. The smallest absolute Gasteiger partial charge is 0.409 e. The molecule has 1 aromatic carbocycles. The molecule has 0 spiro atoms. The second-order valence-electron chi connectivity index (χ2n) is 11.1. The summed E-state index contributed by atoms with van der Waals surface area (Å²) in [6, 6.07) is 5.89. The van der Waals surface area contributed by atoms with Gasteiger partial charge in [0, 0.05) is 57.0 Å². The number of rotatable bonds is 11. The molecule has 1 aromatic heterocycles. The summed E-state index contributed by atoms with van der Waals surface area (Å²) in [4.78, 5) is 84.4. The Hall–Kier alpha value is -4.99. The summed E-state index contributed by atoms with van der Waals surface area (Å²) < 4.78 is 15.7. The van der Waals surface area contributed by atoms with Crippen LogP contribution in [0.4, 0.5) is 4.79 Å². The molecule has 47 heavy (non-hydrogen) atoms. The average Bonchev–Trinajstić information content (AvgIpc) is 3.07. The summed E-state index contributed by atoms with van der Waals surface area (Å²) in [5, 5.41) is 22.4. The third-order valence-corrected chi connectivity index (χ3v) is 8.00. The summed E-state index contributed by atoms with van der Waals surface area (Å²) in [6.07, 6.45) is -1.50. The van der Waals surface area contributed by atoms with Crippen molar-refractivity contribution in [1.29, 1.82) is 0 Å². The fraction of sp³-hybridized carbons (Fsp3) is 0.516. The van der Waals surface area contributed by atoms with Crippen molar-refractivity contribution in [3.63, 3.8) is 0 Å². The molecule has 0 aliphatic carbocycles. The number of aromatic nitrogens is 1. The summed E-state index contributed by atoms with van der Waals surface area (Å²) in [7, 11) is 1.20. The number of pyridine rings is 1. The van der Waals surface area contributed by atoms with Crippen LogP contribution in [0.3, 0.4) is 0 Å². The Kier molecular flexibility index (Phi) is 11.9. The number of methoxy groups -OCH3 is 1. The number of nitrogens with one attached hydrogen (secondary N) is 1. The van der Waals surface area contributed by atoms with Crippen molar-refractivity contribution in [2.24, 2.45) is 0 Å². The second-order valence-corrected chi connectivity index (χ2v) is 11.1. The minimum Gasteiger partial charge on any atom is -0.483 e. The zero-order valence-corrected chi connectivity index (χ0v) is 26.3. The minimum atomic E-state index is -1.20. The van der Waals surface area contributed by atoms with Crippen LogP contribution in [0.15, 0.2) is 30.3 Å². The van der Waals surface area contributed by atoms with Gasteiger partial charge in [-0.2, -0.15) is 0 Å². The molecule has 2 aliphatic rings. The lowest BCUT2D eigenvalue weighted by molar-refractivity contribution is -0.157. The van der Waals surface area contributed by atoms with Gasteiger partial charge in [0.2, 0.25) is 5.91 Å². The van der Waals surface area contributed by atoms with Crippen molar-refractivity contribution in [3.05, 3.63) is 36.0 Å². The Labute approximate surface area is 270 Å². The van der Waals surface area contributed by atoms with Crippen LogP contribution in [0.1, 0.15) is 43.1 Å². The highest BCUT2D eigenvalue weighted by Gasteiger charge is 2.37. The number of nitrogens with zero attached hydrogens (tertiary/aromatic N) is 4. The van der Waals surface area contributed by atoms with Gasteiger partial charge in [-0.3, -0.25) is 19.2 Å². The number of para-hydroxylation sites is 1. The lowest BCUT2D eigenvalue weighted by Crippen LogP contribution is -2.56. The number of hydrogen-bond donors (Lipinski definition) is 3. The molecule has 0 radical (unpaired) electrons. The number of esters is 1. The van der Waals surface area contributed by atoms with Crippen LogP contribution in [0, 0.1) is 0 Å². The Morgan fingerprint density at radius 3 is 2.43 bits per heavy atom. The van der Waals surface area contributed by atoms with E-state index in [4.69, 9.17) is 14.2 Å². The van der Waals surface area contributed by atoms with Gasteiger partial charge in [-0.15, -0.1) is 0 Å². The molecule has 4 amide bonds. The highest BCUT2D eigenvalue weighted by Crippen LogP contribution is 2.26. The maximum Gasteiger partial charge on any atom is 0.409 e. The number of amides is 4. The van der Waals surface area contributed by atoms with E-state index in [1.807, 2.05) is 0 Å². The van der Waals surface area contributed by atoms with E-state index in [1.165, 1.54) is 27.9 Å². The van der Waals surface area contributed by atoms with Gasteiger partial charge in [-0.25, -0.2) is 14.6 Å². The molecule has 16 nitrogen and oxygen atoms in total. The Balaban J connectivity index is 1.50. The zero-order chi connectivity index (χ0) is 34.1. The van der Waals surface area contributed by atoms with Crippen LogP contribution in [0.2, 0.25) is 0 Å². The molecular weight excluding hydrogens is 618 g/mol. The quantitative estimate of drug-likeness (QED) is 0.281. The van der Waals surface area contributed by atoms with E-state index in [1.54, 1.807) is 31.2 Å². The number of aliphatic hydroxyl groups is 1. The van der Waals surface area contributed by atoms with Gasteiger partial charge in [-0.05, 0) is 31.9 Å². The van der Waals surface area contributed by atoms with E-state index in [2.05, 4.69) is 10.3 Å². The summed E-state index contributed by atoms with van der Waals surface area (Å²) >= 11 is 0. The van der Waals surface area contributed by atoms with Crippen LogP contribution >= 0.6 is 0 Å². The van der Waals surface area contributed by atoms with Crippen molar-refractivity contribution in [1.82, 2.24) is 25.0 Å². The zero-order valence-electron chi connectivity index (χ0n) is 26.3. The summed E-state index contributed by atoms with van der Waals surface area (Å²) in [5.41, 5.74) is 0.222. The molecule has 2 aliphatic heterocycles. The maximum atomic E-state index is 13.5. The van der Waals surface area contributed by atoms with Gasteiger partial charge in [0.25, 0.3) is 11.8 Å². The van der Waals surface area contributed by atoms with Crippen molar-refractivity contribution >= 4 is 46.7 Å². The number of aliphatic carboxylic acids is 1. The van der Waals surface area contributed by atoms with E-state index in [0.29, 0.717) is 10.9 Å². The molecule has 4 rings (SSSR count).